The van der Waals surface area contributed by atoms with Crippen LogP contribution in [0.4, 0.5) is 11.4 Å². The monoisotopic (exact) mass is 332 g/mol. The molecule has 0 atom stereocenters. The molecule has 1 heterocycles. The Bertz CT molecular complexity index is 519. The van der Waals surface area contributed by atoms with Crippen molar-refractivity contribution in [3.05, 3.63) is 32.3 Å². The molecule has 21 heavy (non-hydrogen) atoms. The molecular weight excluding hydrogens is 315 g/mol. The lowest BCUT2D eigenvalue weighted by atomic mass is 10.2. The molecule has 2 rings (SSSR count). The van der Waals surface area contributed by atoms with Crippen LogP contribution in [0.15, 0.2) is 12.1 Å². The van der Waals surface area contributed by atoms with Crippen LogP contribution < -0.4 is 5.32 Å². The molecule has 1 aliphatic rings. The van der Waals surface area contributed by atoms with Crippen LogP contribution in [0.2, 0.25) is 10.0 Å². The van der Waals surface area contributed by atoms with Crippen molar-refractivity contribution in [1.82, 2.24) is 9.80 Å². The van der Waals surface area contributed by atoms with E-state index in [0.717, 1.165) is 32.7 Å². The van der Waals surface area contributed by atoms with E-state index in [1.54, 1.807) is 0 Å². The van der Waals surface area contributed by atoms with Gasteiger partial charge in [-0.3, -0.25) is 15.0 Å². The Balaban J connectivity index is 1.93. The van der Waals surface area contributed by atoms with E-state index in [2.05, 4.69) is 22.2 Å². The number of nitro benzene ring substituents is 1. The molecule has 0 bridgehead atoms. The Hall–Kier alpha value is -1.08. The van der Waals surface area contributed by atoms with Gasteiger partial charge < -0.3 is 10.2 Å². The number of piperazine rings is 1. The summed E-state index contributed by atoms with van der Waals surface area (Å²) in [5.41, 5.74) is 0.353. The Morgan fingerprint density at radius 3 is 2.48 bits per heavy atom. The maximum atomic E-state index is 11.0. The minimum Gasteiger partial charge on any atom is -0.378 e. The van der Waals surface area contributed by atoms with Crippen LogP contribution in [0.3, 0.4) is 0 Å². The van der Waals surface area contributed by atoms with Crippen molar-refractivity contribution in [2.24, 2.45) is 0 Å². The average Bonchev–Trinajstić information content (AvgIpc) is 2.44. The molecule has 1 saturated heterocycles. The van der Waals surface area contributed by atoms with Crippen LogP contribution in [0, 0.1) is 10.1 Å². The summed E-state index contributed by atoms with van der Waals surface area (Å²) in [5.74, 6) is 0. The molecule has 0 amide bonds. The van der Waals surface area contributed by atoms with Gasteiger partial charge in [-0.25, -0.2) is 0 Å². The molecule has 1 aliphatic heterocycles. The molecule has 0 aromatic heterocycles. The van der Waals surface area contributed by atoms with Crippen LogP contribution in [0.1, 0.15) is 0 Å². The largest absolute Gasteiger partial charge is 0.378 e. The van der Waals surface area contributed by atoms with Crippen LogP contribution >= 0.6 is 23.2 Å². The lowest BCUT2D eigenvalue weighted by molar-refractivity contribution is -0.383. The van der Waals surface area contributed by atoms with Crippen molar-refractivity contribution >= 4 is 34.6 Å². The highest BCUT2D eigenvalue weighted by Gasteiger charge is 2.18. The van der Waals surface area contributed by atoms with Crippen molar-refractivity contribution in [2.45, 2.75) is 0 Å². The van der Waals surface area contributed by atoms with Gasteiger partial charge in [0.1, 0.15) is 5.69 Å². The summed E-state index contributed by atoms with van der Waals surface area (Å²) in [6.07, 6.45) is 0. The van der Waals surface area contributed by atoms with Gasteiger partial charge in [-0.2, -0.15) is 0 Å². The molecule has 1 aromatic carbocycles. The van der Waals surface area contributed by atoms with E-state index >= 15 is 0 Å². The van der Waals surface area contributed by atoms with Gasteiger partial charge in [0.05, 0.1) is 15.0 Å². The van der Waals surface area contributed by atoms with Crippen molar-refractivity contribution in [2.75, 3.05) is 51.6 Å². The molecule has 0 spiro atoms. The second kappa shape index (κ2) is 7.26. The van der Waals surface area contributed by atoms with Crippen LogP contribution in [0.25, 0.3) is 0 Å². The highest BCUT2D eigenvalue weighted by Crippen LogP contribution is 2.33. The van der Waals surface area contributed by atoms with Crippen molar-refractivity contribution in [1.29, 1.82) is 0 Å². The Morgan fingerprint density at radius 2 is 1.86 bits per heavy atom. The topological polar surface area (TPSA) is 61.6 Å². The van der Waals surface area contributed by atoms with E-state index < -0.39 is 4.92 Å². The fourth-order valence-electron chi connectivity index (χ4n) is 2.25. The Labute approximate surface area is 133 Å². The summed E-state index contributed by atoms with van der Waals surface area (Å²) in [5, 5.41) is 14.6. The zero-order valence-corrected chi connectivity index (χ0v) is 13.3. The lowest BCUT2D eigenvalue weighted by Gasteiger charge is -2.32. The summed E-state index contributed by atoms with van der Waals surface area (Å²) >= 11 is 11.7. The molecule has 1 N–H and O–H groups in total. The number of likely N-dealkylation sites (N-methyl/N-ethyl adjacent to an activating group) is 1. The first-order valence-electron chi connectivity index (χ1n) is 6.75. The van der Waals surface area contributed by atoms with Gasteiger partial charge in [0, 0.05) is 45.3 Å². The number of hydrogen-bond acceptors (Lipinski definition) is 5. The molecule has 0 aliphatic carbocycles. The molecule has 6 nitrogen and oxygen atoms in total. The predicted molar refractivity (Wildman–Crippen MR) is 85.5 cm³/mol. The number of hydrogen-bond donors (Lipinski definition) is 1. The van der Waals surface area contributed by atoms with Crippen LogP contribution in [-0.2, 0) is 0 Å². The van der Waals surface area contributed by atoms with Gasteiger partial charge in [-0.15, -0.1) is 0 Å². The summed E-state index contributed by atoms with van der Waals surface area (Å²) in [4.78, 5) is 15.2. The highest BCUT2D eigenvalue weighted by atomic mass is 35.5. The number of nitrogens with zero attached hydrogens (tertiary/aromatic N) is 3. The summed E-state index contributed by atoms with van der Waals surface area (Å²) in [6, 6.07) is 2.79. The van der Waals surface area contributed by atoms with Crippen LogP contribution in [0.5, 0.6) is 0 Å². The number of nitrogens with one attached hydrogen (secondary N) is 1. The molecule has 1 aromatic rings. The summed E-state index contributed by atoms with van der Waals surface area (Å²) in [6.45, 7) is 5.59. The zero-order valence-electron chi connectivity index (χ0n) is 11.8. The van der Waals surface area contributed by atoms with Gasteiger partial charge >= 0.3 is 0 Å². The van der Waals surface area contributed by atoms with E-state index in [1.165, 1.54) is 12.1 Å². The number of benzene rings is 1. The minimum atomic E-state index is -0.458. The normalized spacial score (nSPS) is 16.9. The highest BCUT2D eigenvalue weighted by molar-refractivity contribution is 6.42. The fourth-order valence-corrected chi connectivity index (χ4v) is 2.57. The van der Waals surface area contributed by atoms with E-state index in [0.29, 0.717) is 17.3 Å². The number of halogens is 2. The van der Waals surface area contributed by atoms with Crippen molar-refractivity contribution < 1.29 is 4.92 Å². The fraction of sp³-hybridized carbons (Fsp3) is 0.538. The Kier molecular flexibility index (Phi) is 5.64. The second-order valence-corrected chi connectivity index (χ2v) is 5.93. The first-order valence-corrected chi connectivity index (χ1v) is 7.51. The average molecular weight is 333 g/mol. The molecule has 0 unspecified atom stereocenters. The summed E-state index contributed by atoms with van der Waals surface area (Å²) < 4.78 is 0. The third kappa shape index (κ3) is 4.44. The lowest BCUT2D eigenvalue weighted by Crippen LogP contribution is -2.45. The number of rotatable bonds is 5. The standard InChI is InChI=1S/C13H18Cl2N4O2/c1-17-4-6-18(7-5-17)3-2-16-12-8-10(14)11(15)9-13(12)19(20)21/h8-9,16H,2-7H2,1H3. The first-order chi connectivity index (χ1) is 9.97. The molecule has 0 radical (unpaired) electrons. The molecule has 116 valence electrons. The van der Waals surface area contributed by atoms with E-state index in [9.17, 15) is 10.1 Å². The maximum Gasteiger partial charge on any atom is 0.293 e. The molecule has 1 fully saturated rings. The van der Waals surface area contributed by atoms with Crippen molar-refractivity contribution in [3.63, 3.8) is 0 Å². The number of anilines is 1. The van der Waals surface area contributed by atoms with Gasteiger partial charge in [-0.05, 0) is 13.1 Å². The van der Waals surface area contributed by atoms with Gasteiger partial charge in [0.2, 0.25) is 0 Å². The minimum absolute atomic E-state index is 0.0530. The van der Waals surface area contributed by atoms with Gasteiger partial charge in [0.25, 0.3) is 5.69 Å². The molecular formula is C13H18Cl2N4O2. The Morgan fingerprint density at radius 1 is 1.24 bits per heavy atom. The van der Waals surface area contributed by atoms with Gasteiger partial charge in [-0.1, -0.05) is 23.2 Å². The SMILES string of the molecule is CN1CCN(CCNc2cc(Cl)c(Cl)cc2[N+](=O)[O-])CC1. The number of nitro groups is 1. The van der Waals surface area contributed by atoms with E-state index in [4.69, 9.17) is 23.2 Å². The van der Waals surface area contributed by atoms with E-state index in [-0.39, 0.29) is 10.7 Å². The van der Waals surface area contributed by atoms with Crippen molar-refractivity contribution in [3.8, 4) is 0 Å². The smallest absolute Gasteiger partial charge is 0.293 e. The quantitative estimate of drug-likeness (QED) is 0.663. The predicted octanol–water partition coefficient (Wildman–Crippen LogP) is 2.56. The third-order valence-corrected chi connectivity index (χ3v) is 4.30. The second-order valence-electron chi connectivity index (χ2n) is 5.11. The zero-order chi connectivity index (χ0) is 15.4. The first kappa shape index (κ1) is 16.3. The molecule has 8 heteroatoms. The maximum absolute atomic E-state index is 11.0. The third-order valence-electron chi connectivity index (χ3n) is 3.57. The van der Waals surface area contributed by atoms with E-state index in [1.807, 2.05) is 0 Å². The van der Waals surface area contributed by atoms with Gasteiger partial charge in [0.15, 0.2) is 0 Å². The molecule has 0 saturated carbocycles. The summed E-state index contributed by atoms with van der Waals surface area (Å²) in [7, 11) is 2.11. The van der Waals surface area contributed by atoms with Crippen LogP contribution in [-0.4, -0.2) is 61.0 Å².